The number of hydrogen-bond acceptors (Lipinski definition) is 3. The Morgan fingerprint density at radius 2 is 2.00 bits per heavy atom. The Hall–Kier alpha value is -0.610. The highest BCUT2D eigenvalue weighted by atomic mass is 35.5. The minimum Gasteiger partial charge on any atom is -0.329 e. The maximum atomic E-state index is 6.31. The van der Waals surface area contributed by atoms with Crippen LogP contribution in [0.25, 0.3) is 0 Å². The summed E-state index contributed by atoms with van der Waals surface area (Å²) in [6, 6.07) is 8.84. The van der Waals surface area contributed by atoms with E-state index in [1.54, 1.807) is 0 Å². The lowest BCUT2D eigenvalue weighted by atomic mass is 9.98. The van der Waals surface area contributed by atoms with Crippen molar-refractivity contribution in [2.75, 3.05) is 33.7 Å². The van der Waals surface area contributed by atoms with Crippen LogP contribution in [0.4, 0.5) is 0 Å². The molecule has 0 spiro atoms. The Bertz CT molecular complexity index is 402. The molecule has 0 aromatic heterocycles. The number of likely N-dealkylation sites (tertiary alicyclic amines) is 1. The van der Waals surface area contributed by atoms with Crippen LogP contribution in [0, 0.1) is 0 Å². The zero-order chi connectivity index (χ0) is 13.8. The van der Waals surface area contributed by atoms with Gasteiger partial charge in [0.05, 0.1) is 0 Å². The fourth-order valence-electron chi connectivity index (χ4n) is 2.91. The minimum absolute atomic E-state index is 0.210. The van der Waals surface area contributed by atoms with E-state index >= 15 is 0 Å². The Morgan fingerprint density at radius 1 is 1.37 bits per heavy atom. The predicted molar refractivity (Wildman–Crippen MR) is 81.5 cm³/mol. The van der Waals surface area contributed by atoms with Crippen LogP contribution in [0.1, 0.15) is 24.4 Å². The molecular formula is C15H24ClN3. The molecule has 0 amide bonds. The molecular weight excluding hydrogens is 258 g/mol. The summed E-state index contributed by atoms with van der Waals surface area (Å²) in [6.07, 6.45) is 2.40. The Kier molecular flexibility index (Phi) is 5.22. The van der Waals surface area contributed by atoms with Crippen molar-refractivity contribution in [3.8, 4) is 0 Å². The van der Waals surface area contributed by atoms with Crippen molar-refractivity contribution >= 4 is 11.6 Å². The van der Waals surface area contributed by atoms with Crippen LogP contribution in [-0.4, -0.2) is 49.6 Å². The normalized spacial score (nSPS) is 19.8. The standard InChI is InChI=1S/C15H24ClN3/c1-18-9-7-12(8-10-18)19(2)15(11-17)13-5-3-4-6-14(13)16/h3-6,12,15H,7-11,17H2,1-2H3. The molecule has 1 heterocycles. The van der Waals surface area contributed by atoms with E-state index in [0.29, 0.717) is 12.6 Å². The second-order valence-corrected chi connectivity index (χ2v) is 5.88. The highest BCUT2D eigenvalue weighted by molar-refractivity contribution is 6.31. The van der Waals surface area contributed by atoms with Crippen LogP contribution in [-0.2, 0) is 0 Å². The third kappa shape index (κ3) is 3.48. The second kappa shape index (κ2) is 6.71. The van der Waals surface area contributed by atoms with Crippen LogP contribution in [0.5, 0.6) is 0 Å². The zero-order valence-electron chi connectivity index (χ0n) is 11.8. The third-order valence-corrected chi connectivity index (χ3v) is 4.59. The Labute approximate surface area is 121 Å². The number of hydrogen-bond donors (Lipinski definition) is 1. The number of nitrogens with two attached hydrogens (primary N) is 1. The summed E-state index contributed by atoms with van der Waals surface area (Å²) in [5, 5.41) is 0.817. The lowest BCUT2D eigenvalue weighted by molar-refractivity contribution is 0.109. The topological polar surface area (TPSA) is 32.5 Å². The highest BCUT2D eigenvalue weighted by Gasteiger charge is 2.27. The van der Waals surface area contributed by atoms with E-state index in [-0.39, 0.29) is 6.04 Å². The number of rotatable bonds is 4. The quantitative estimate of drug-likeness (QED) is 0.920. The molecule has 19 heavy (non-hydrogen) atoms. The van der Waals surface area contributed by atoms with Crippen LogP contribution in [0.2, 0.25) is 5.02 Å². The molecule has 1 unspecified atom stereocenters. The third-order valence-electron chi connectivity index (χ3n) is 4.24. The Balaban J connectivity index is 2.11. The van der Waals surface area contributed by atoms with Gasteiger partial charge in [0.15, 0.2) is 0 Å². The van der Waals surface area contributed by atoms with Crippen LogP contribution < -0.4 is 5.73 Å². The van der Waals surface area contributed by atoms with Crippen molar-refractivity contribution in [1.82, 2.24) is 9.80 Å². The number of halogens is 1. The largest absolute Gasteiger partial charge is 0.329 e. The van der Waals surface area contributed by atoms with E-state index in [9.17, 15) is 0 Å². The fraction of sp³-hybridized carbons (Fsp3) is 0.600. The lowest BCUT2D eigenvalue weighted by Crippen LogP contribution is -2.45. The van der Waals surface area contributed by atoms with Crippen molar-refractivity contribution in [1.29, 1.82) is 0 Å². The van der Waals surface area contributed by atoms with E-state index in [0.717, 1.165) is 23.7 Å². The van der Waals surface area contributed by atoms with Gasteiger partial charge in [-0.1, -0.05) is 29.8 Å². The SMILES string of the molecule is CN1CCC(N(C)C(CN)c2ccccc2Cl)CC1. The molecule has 1 saturated heterocycles. The fourth-order valence-corrected chi connectivity index (χ4v) is 3.18. The molecule has 1 aliphatic heterocycles. The van der Waals surface area contributed by atoms with E-state index in [2.05, 4.69) is 30.0 Å². The molecule has 1 aromatic rings. The molecule has 0 saturated carbocycles. The zero-order valence-corrected chi connectivity index (χ0v) is 12.6. The van der Waals surface area contributed by atoms with E-state index < -0.39 is 0 Å². The number of piperidine rings is 1. The summed E-state index contributed by atoms with van der Waals surface area (Å²) < 4.78 is 0. The molecule has 0 radical (unpaired) electrons. The predicted octanol–water partition coefficient (Wildman–Crippen LogP) is 2.37. The van der Waals surface area contributed by atoms with Gasteiger partial charge in [0.2, 0.25) is 0 Å². The number of nitrogens with zero attached hydrogens (tertiary/aromatic N) is 2. The molecule has 3 nitrogen and oxygen atoms in total. The highest BCUT2D eigenvalue weighted by Crippen LogP contribution is 2.29. The van der Waals surface area contributed by atoms with Crippen molar-refractivity contribution < 1.29 is 0 Å². The smallest absolute Gasteiger partial charge is 0.0485 e. The van der Waals surface area contributed by atoms with Gasteiger partial charge in [0, 0.05) is 23.7 Å². The molecule has 1 atom stereocenters. The van der Waals surface area contributed by atoms with E-state index in [4.69, 9.17) is 17.3 Å². The summed E-state index contributed by atoms with van der Waals surface area (Å²) in [7, 11) is 4.36. The number of benzene rings is 1. The van der Waals surface area contributed by atoms with Gasteiger partial charge in [-0.05, 0) is 51.7 Å². The first-order chi connectivity index (χ1) is 9.13. The van der Waals surface area contributed by atoms with Gasteiger partial charge < -0.3 is 10.6 Å². The molecule has 0 aliphatic carbocycles. The first-order valence-electron chi connectivity index (χ1n) is 6.98. The molecule has 1 aromatic carbocycles. The van der Waals surface area contributed by atoms with Crippen molar-refractivity contribution in [3.05, 3.63) is 34.9 Å². The second-order valence-electron chi connectivity index (χ2n) is 5.47. The molecule has 4 heteroatoms. The van der Waals surface area contributed by atoms with Gasteiger partial charge in [-0.3, -0.25) is 4.90 Å². The Morgan fingerprint density at radius 3 is 2.58 bits per heavy atom. The van der Waals surface area contributed by atoms with Crippen molar-refractivity contribution in [2.45, 2.75) is 24.9 Å². The van der Waals surface area contributed by atoms with Gasteiger partial charge in [-0.2, -0.15) is 0 Å². The first-order valence-corrected chi connectivity index (χ1v) is 7.36. The van der Waals surface area contributed by atoms with E-state index in [1.807, 2.05) is 18.2 Å². The van der Waals surface area contributed by atoms with E-state index in [1.165, 1.54) is 12.8 Å². The minimum atomic E-state index is 0.210. The molecule has 1 fully saturated rings. The van der Waals surface area contributed by atoms with Gasteiger partial charge in [-0.25, -0.2) is 0 Å². The molecule has 2 rings (SSSR count). The van der Waals surface area contributed by atoms with Crippen LogP contribution in [0.3, 0.4) is 0 Å². The maximum Gasteiger partial charge on any atom is 0.0485 e. The van der Waals surface area contributed by atoms with Gasteiger partial charge in [0.25, 0.3) is 0 Å². The average Bonchev–Trinajstić information content (AvgIpc) is 2.42. The molecule has 0 bridgehead atoms. The monoisotopic (exact) mass is 281 g/mol. The average molecular weight is 282 g/mol. The van der Waals surface area contributed by atoms with Gasteiger partial charge in [0.1, 0.15) is 0 Å². The van der Waals surface area contributed by atoms with Crippen LogP contribution >= 0.6 is 11.6 Å². The number of likely N-dealkylation sites (N-methyl/N-ethyl adjacent to an activating group) is 1. The first kappa shape index (κ1) is 14.8. The maximum absolute atomic E-state index is 6.31. The summed E-state index contributed by atoms with van der Waals surface area (Å²) in [5.41, 5.74) is 7.14. The van der Waals surface area contributed by atoms with Crippen LogP contribution in [0.15, 0.2) is 24.3 Å². The molecule has 2 N–H and O–H groups in total. The summed E-state index contributed by atoms with van der Waals surface area (Å²) >= 11 is 6.31. The summed E-state index contributed by atoms with van der Waals surface area (Å²) in [6.45, 7) is 2.93. The summed E-state index contributed by atoms with van der Waals surface area (Å²) in [5.74, 6) is 0. The lowest BCUT2D eigenvalue weighted by Gasteiger charge is -2.39. The molecule has 1 aliphatic rings. The molecule has 106 valence electrons. The van der Waals surface area contributed by atoms with Crippen molar-refractivity contribution in [2.24, 2.45) is 5.73 Å². The summed E-state index contributed by atoms with van der Waals surface area (Å²) in [4.78, 5) is 4.80. The van der Waals surface area contributed by atoms with Gasteiger partial charge >= 0.3 is 0 Å². The van der Waals surface area contributed by atoms with Crippen molar-refractivity contribution in [3.63, 3.8) is 0 Å². The van der Waals surface area contributed by atoms with Gasteiger partial charge in [-0.15, -0.1) is 0 Å².